The third-order valence-corrected chi connectivity index (χ3v) is 4.47. The fraction of sp³-hybridized carbons (Fsp3) is 0.913. The molecule has 1 unspecified atom stereocenters. The predicted molar refractivity (Wildman–Crippen MR) is 114 cm³/mol. The van der Waals surface area contributed by atoms with E-state index in [0.29, 0.717) is 0 Å². The van der Waals surface area contributed by atoms with Crippen LogP contribution >= 0.6 is 0 Å². The van der Waals surface area contributed by atoms with Crippen LogP contribution in [0.25, 0.3) is 0 Å². The van der Waals surface area contributed by atoms with Crippen LogP contribution in [0.5, 0.6) is 0 Å². The fourth-order valence-corrected chi connectivity index (χ4v) is 3.00. The summed E-state index contributed by atoms with van der Waals surface area (Å²) in [6.45, 7) is 8.06. The van der Waals surface area contributed by atoms with Crippen LogP contribution in [0, 0.1) is 0 Å². The van der Waals surface area contributed by atoms with Crippen LogP contribution in [0.15, 0.2) is 12.2 Å². The molecule has 0 aromatic heterocycles. The molecule has 0 rings (SSSR count). The van der Waals surface area contributed by atoms with Gasteiger partial charge in [-0.05, 0) is 44.9 Å². The third kappa shape index (κ3) is 18.7. The van der Waals surface area contributed by atoms with Gasteiger partial charge < -0.3 is 9.47 Å². The molecule has 1 atom stereocenters. The Morgan fingerprint density at radius 2 is 1.30 bits per heavy atom. The first kappa shape index (κ1) is 26.6. The van der Waals surface area contributed by atoms with E-state index in [9.17, 15) is 0 Å². The van der Waals surface area contributed by atoms with Crippen molar-refractivity contribution in [3.63, 3.8) is 0 Å². The fourth-order valence-electron chi connectivity index (χ4n) is 3.00. The normalized spacial score (nSPS) is 13.1. The second-order valence-electron chi connectivity index (χ2n) is 7.24. The zero-order valence-corrected chi connectivity index (χ0v) is 18.5. The van der Waals surface area contributed by atoms with Gasteiger partial charge in [-0.1, -0.05) is 71.4 Å². The average Bonchev–Trinajstić information content (AvgIpc) is 2.67. The van der Waals surface area contributed by atoms with Crippen LogP contribution in [0.1, 0.15) is 104 Å². The minimum atomic E-state index is 0.00955. The first-order valence-corrected chi connectivity index (χ1v) is 11.4. The molecule has 0 saturated carbocycles. The topological polar surface area (TPSA) is 36.9 Å². The number of hydrogen-bond acceptors (Lipinski definition) is 4. The van der Waals surface area contributed by atoms with Crippen molar-refractivity contribution in [2.75, 3.05) is 20.3 Å². The number of hydrogen-bond donors (Lipinski definition) is 0. The highest BCUT2D eigenvalue weighted by Crippen LogP contribution is 2.13. The molecule has 0 spiro atoms. The van der Waals surface area contributed by atoms with Crippen molar-refractivity contribution < 1.29 is 19.2 Å². The number of allylic oxidation sites excluding steroid dienone is 1. The van der Waals surface area contributed by atoms with Crippen molar-refractivity contribution in [2.45, 2.75) is 117 Å². The van der Waals surface area contributed by atoms with Crippen LogP contribution in [-0.4, -0.2) is 32.7 Å². The lowest BCUT2D eigenvalue weighted by Gasteiger charge is -2.18. The first-order valence-electron chi connectivity index (χ1n) is 11.4. The summed E-state index contributed by atoms with van der Waals surface area (Å²) in [7, 11) is 1.58. The second kappa shape index (κ2) is 21.9. The highest BCUT2D eigenvalue weighted by molar-refractivity contribution is 4.88. The lowest BCUT2D eigenvalue weighted by molar-refractivity contribution is -0.294. The Morgan fingerprint density at radius 3 is 1.85 bits per heavy atom. The smallest absolute Gasteiger partial charge is 0.157 e. The lowest BCUT2D eigenvalue weighted by Crippen LogP contribution is -2.18. The Hall–Kier alpha value is -0.420. The molecular weight excluding hydrogens is 340 g/mol. The summed E-state index contributed by atoms with van der Waals surface area (Å²) in [5.74, 6) is 0. The summed E-state index contributed by atoms with van der Waals surface area (Å²) >= 11 is 0. The van der Waals surface area contributed by atoms with Gasteiger partial charge in [0.25, 0.3) is 0 Å². The van der Waals surface area contributed by atoms with Crippen molar-refractivity contribution in [3.05, 3.63) is 12.2 Å². The van der Waals surface area contributed by atoms with E-state index in [1.54, 1.807) is 7.11 Å². The molecular formula is C23H46O4. The van der Waals surface area contributed by atoms with E-state index in [1.165, 1.54) is 44.9 Å². The van der Waals surface area contributed by atoms with Gasteiger partial charge in [0.1, 0.15) is 6.10 Å². The Kier molecular flexibility index (Phi) is 21.5. The highest BCUT2D eigenvalue weighted by atomic mass is 17.2. The van der Waals surface area contributed by atoms with Gasteiger partial charge in [-0.2, -0.15) is 0 Å². The summed E-state index contributed by atoms with van der Waals surface area (Å²) in [5.41, 5.74) is 0. The van der Waals surface area contributed by atoms with Crippen molar-refractivity contribution in [1.29, 1.82) is 0 Å². The van der Waals surface area contributed by atoms with E-state index in [2.05, 4.69) is 32.9 Å². The molecule has 162 valence electrons. The van der Waals surface area contributed by atoms with Gasteiger partial charge in [0, 0.05) is 13.2 Å². The van der Waals surface area contributed by atoms with Crippen LogP contribution < -0.4 is 0 Å². The van der Waals surface area contributed by atoms with E-state index in [0.717, 1.165) is 51.7 Å². The second-order valence-corrected chi connectivity index (χ2v) is 7.24. The molecule has 0 bridgehead atoms. The third-order valence-electron chi connectivity index (χ3n) is 4.47. The standard InChI is InChI=1S/C23H46O4/c1-5-17-22(27-24-4)18-15-13-11-9-8-10-12-14-16-19-23(25-20-6-2)26-21-7-3/h15,18,22-23H,5-14,16-17,19-21H2,1-4H3. The SMILES string of the molecule is CCCOC(CCCCCCCCCC=CC(CCC)OOC)OCCC. The molecule has 4 heteroatoms. The molecule has 0 N–H and O–H groups in total. The van der Waals surface area contributed by atoms with Gasteiger partial charge in [0.15, 0.2) is 6.29 Å². The zero-order chi connectivity index (χ0) is 20.0. The Bertz CT molecular complexity index is 293. The minimum absolute atomic E-state index is 0.00955. The van der Waals surface area contributed by atoms with Crippen LogP contribution in [-0.2, 0) is 19.2 Å². The summed E-state index contributed by atoms with van der Waals surface area (Å²) in [6, 6.07) is 0. The van der Waals surface area contributed by atoms with E-state index in [-0.39, 0.29) is 12.4 Å². The molecule has 0 aliphatic heterocycles. The van der Waals surface area contributed by atoms with Crippen molar-refractivity contribution in [1.82, 2.24) is 0 Å². The molecule has 0 fully saturated rings. The quantitative estimate of drug-likeness (QED) is 0.0701. The molecule has 0 aliphatic carbocycles. The average molecular weight is 387 g/mol. The van der Waals surface area contributed by atoms with Gasteiger partial charge in [-0.15, -0.1) is 0 Å². The monoisotopic (exact) mass is 386 g/mol. The summed E-state index contributed by atoms with van der Waals surface area (Å²) < 4.78 is 11.6. The zero-order valence-electron chi connectivity index (χ0n) is 18.5. The highest BCUT2D eigenvalue weighted by Gasteiger charge is 2.08. The maximum atomic E-state index is 5.78. The van der Waals surface area contributed by atoms with Gasteiger partial charge in [-0.25, -0.2) is 9.78 Å². The van der Waals surface area contributed by atoms with Gasteiger partial charge in [0.05, 0.1) is 7.11 Å². The van der Waals surface area contributed by atoms with Crippen molar-refractivity contribution in [2.24, 2.45) is 0 Å². The molecule has 0 aliphatic rings. The summed E-state index contributed by atoms with van der Waals surface area (Å²) in [6.07, 6.45) is 20.0. The Labute approximate surface area is 168 Å². The van der Waals surface area contributed by atoms with E-state index in [1.807, 2.05) is 0 Å². The van der Waals surface area contributed by atoms with E-state index < -0.39 is 0 Å². The summed E-state index contributed by atoms with van der Waals surface area (Å²) in [5, 5.41) is 0. The maximum absolute atomic E-state index is 5.78. The lowest BCUT2D eigenvalue weighted by atomic mass is 10.1. The number of unbranched alkanes of at least 4 members (excludes halogenated alkanes) is 7. The molecule has 0 radical (unpaired) electrons. The first-order chi connectivity index (χ1) is 13.3. The molecule has 27 heavy (non-hydrogen) atoms. The number of rotatable bonds is 21. The Morgan fingerprint density at radius 1 is 0.704 bits per heavy atom. The molecule has 0 aromatic carbocycles. The largest absolute Gasteiger partial charge is 0.353 e. The predicted octanol–water partition coefficient (Wildman–Crippen LogP) is 6.98. The van der Waals surface area contributed by atoms with Crippen LogP contribution in [0.2, 0.25) is 0 Å². The number of ether oxygens (including phenoxy) is 2. The summed E-state index contributed by atoms with van der Waals surface area (Å²) in [4.78, 5) is 10.0. The molecule has 0 amide bonds. The van der Waals surface area contributed by atoms with E-state index in [4.69, 9.17) is 19.2 Å². The molecule has 0 saturated heterocycles. The van der Waals surface area contributed by atoms with Gasteiger partial charge in [-0.3, -0.25) is 0 Å². The van der Waals surface area contributed by atoms with Gasteiger partial charge in [0.2, 0.25) is 0 Å². The Balaban J connectivity index is 3.54. The van der Waals surface area contributed by atoms with Crippen LogP contribution in [0.4, 0.5) is 0 Å². The van der Waals surface area contributed by atoms with Gasteiger partial charge >= 0.3 is 0 Å². The minimum Gasteiger partial charge on any atom is -0.353 e. The van der Waals surface area contributed by atoms with Crippen molar-refractivity contribution >= 4 is 0 Å². The molecule has 0 aromatic rings. The molecule has 0 heterocycles. The maximum Gasteiger partial charge on any atom is 0.157 e. The molecule has 4 nitrogen and oxygen atoms in total. The van der Waals surface area contributed by atoms with Crippen molar-refractivity contribution in [3.8, 4) is 0 Å². The van der Waals surface area contributed by atoms with Crippen LogP contribution in [0.3, 0.4) is 0 Å². The van der Waals surface area contributed by atoms with E-state index >= 15 is 0 Å².